The summed E-state index contributed by atoms with van der Waals surface area (Å²) in [4.78, 5) is 5.78. The maximum Gasteiger partial charge on any atom is 0.110 e. The normalized spacial score (nSPS) is 25.4. The third kappa shape index (κ3) is 2.81. The first-order chi connectivity index (χ1) is 10.2. The van der Waals surface area contributed by atoms with Crippen molar-refractivity contribution in [1.29, 1.82) is 0 Å². The highest BCUT2D eigenvalue weighted by atomic mass is 32.2. The molecule has 2 heteroatoms. The summed E-state index contributed by atoms with van der Waals surface area (Å²) < 4.78 is 0. The molecule has 1 aromatic rings. The highest BCUT2D eigenvalue weighted by Gasteiger charge is 2.33. The monoisotopic (exact) mass is 293 g/mol. The number of hydrogen-bond donors (Lipinski definition) is 0. The smallest absolute Gasteiger partial charge is 0.110 e. The standard InChI is InChI=1S/C19H19NS/c1-4-6-16-11-15(9-8-13(16)2)12-18-14(3)17-7-5-10-20-19(17)21-18/h4-5,7-12,17,19H,1,3,6H2,2H3/b18-12-. The number of aryl methyl sites for hydroxylation is 1. The van der Waals surface area contributed by atoms with Crippen LogP contribution in [-0.4, -0.2) is 11.6 Å². The molecule has 1 fully saturated rings. The number of aliphatic imine (C=N–C) groups is 1. The van der Waals surface area contributed by atoms with Crippen LogP contribution in [0.2, 0.25) is 0 Å². The van der Waals surface area contributed by atoms with Crippen molar-refractivity contribution in [2.24, 2.45) is 10.9 Å². The Bertz CT molecular complexity index is 679. The number of nitrogens with zero attached hydrogens (tertiary/aromatic N) is 1. The zero-order valence-corrected chi connectivity index (χ0v) is 13.1. The van der Waals surface area contributed by atoms with E-state index in [4.69, 9.17) is 0 Å². The lowest BCUT2D eigenvalue weighted by molar-refractivity contribution is 0.756. The number of hydrogen-bond acceptors (Lipinski definition) is 2. The third-order valence-electron chi connectivity index (χ3n) is 3.95. The fourth-order valence-electron chi connectivity index (χ4n) is 2.69. The van der Waals surface area contributed by atoms with E-state index in [0.29, 0.717) is 5.92 Å². The van der Waals surface area contributed by atoms with Crippen molar-refractivity contribution in [3.8, 4) is 0 Å². The molecule has 0 N–H and O–H groups in total. The first-order valence-corrected chi connectivity index (χ1v) is 8.05. The van der Waals surface area contributed by atoms with E-state index < -0.39 is 0 Å². The van der Waals surface area contributed by atoms with Gasteiger partial charge in [-0.1, -0.05) is 48.7 Å². The van der Waals surface area contributed by atoms with E-state index in [-0.39, 0.29) is 5.37 Å². The summed E-state index contributed by atoms with van der Waals surface area (Å²) in [5, 5.41) is 0.270. The molecule has 1 saturated heterocycles. The molecule has 0 spiro atoms. The zero-order chi connectivity index (χ0) is 14.8. The number of fused-ring (bicyclic) bond motifs is 1. The van der Waals surface area contributed by atoms with Crippen LogP contribution in [0.5, 0.6) is 0 Å². The Labute approximate surface area is 130 Å². The van der Waals surface area contributed by atoms with Crippen LogP contribution in [0.4, 0.5) is 0 Å². The second-order valence-corrected chi connectivity index (χ2v) is 6.59. The molecule has 2 aliphatic rings. The molecular weight excluding hydrogens is 274 g/mol. The van der Waals surface area contributed by atoms with Crippen LogP contribution >= 0.6 is 11.8 Å². The van der Waals surface area contributed by atoms with E-state index in [1.807, 2.05) is 30.1 Å². The predicted molar refractivity (Wildman–Crippen MR) is 94.7 cm³/mol. The predicted octanol–water partition coefficient (Wildman–Crippen LogP) is 4.95. The summed E-state index contributed by atoms with van der Waals surface area (Å²) >= 11 is 1.81. The van der Waals surface area contributed by atoms with E-state index in [9.17, 15) is 0 Å². The SMILES string of the molecule is C=CCc1cc(/C=C2\SC3N=CC=CC3C2=C)ccc1C. The number of rotatable bonds is 3. The highest BCUT2D eigenvalue weighted by Crippen LogP contribution is 2.47. The van der Waals surface area contributed by atoms with Crippen LogP contribution < -0.4 is 0 Å². The van der Waals surface area contributed by atoms with Gasteiger partial charge in [-0.05, 0) is 47.8 Å². The molecule has 2 atom stereocenters. The number of thioether (sulfide) groups is 1. The molecule has 0 saturated carbocycles. The molecule has 2 heterocycles. The van der Waals surface area contributed by atoms with Gasteiger partial charge in [0.05, 0.1) is 0 Å². The summed E-state index contributed by atoms with van der Waals surface area (Å²) in [5.74, 6) is 0.351. The topological polar surface area (TPSA) is 12.4 Å². The molecule has 0 amide bonds. The second-order valence-electron chi connectivity index (χ2n) is 5.43. The largest absolute Gasteiger partial charge is 0.278 e. The maximum atomic E-state index is 4.53. The Balaban J connectivity index is 1.90. The molecular formula is C19H19NS. The Kier molecular flexibility index (Phi) is 3.98. The van der Waals surface area contributed by atoms with Gasteiger partial charge in [-0.2, -0.15) is 0 Å². The van der Waals surface area contributed by atoms with Gasteiger partial charge in [-0.25, -0.2) is 0 Å². The lowest BCUT2D eigenvalue weighted by atomic mass is 9.97. The van der Waals surface area contributed by atoms with E-state index in [2.05, 4.69) is 55.4 Å². The number of allylic oxidation sites excluding steroid dienone is 3. The summed E-state index contributed by atoms with van der Waals surface area (Å²) in [6, 6.07) is 6.60. The summed E-state index contributed by atoms with van der Waals surface area (Å²) in [6.07, 6.45) is 11.2. The molecule has 0 aromatic heterocycles. The van der Waals surface area contributed by atoms with Gasteiger partial charge >= 0.3 is 0 Å². The quantitative estimate of drug-likeness (QED) is 0.718. The van der Waals surface area contributed by atoms with Crippen molar-refractivity contribution in [2.45, 2.75) is 18.7 Å². The van der Waals surface area contributed by atoms with Gasteiger partial charge in [-0.3, -0.25) is 4.99 Å². The van der Waals surface area contributed by atoms with Crippen LogP contribution in [0.3, 0.4) is 0 Å². The van der Waals surface area contributed by atoms with Gasteiger partial charge in [0.25, 0.3) is 0 Å². The van der Waals surface area contributed by atoms with Gasteiger partial charge in [0.1, 0.15) is 5.37 Å². The third-order valence-corrected chi connectivity index (χ3v) is 5.24. The van der Waals surface area contributed by atoms with E-state index in [0.717, 1.165) is 6.42 Å². The first kappa shape index (κ1) is 14.2. The number of dihydropyridines is 1. The summed E-state index contributed by atoms with van der Waals surface area (Å²) in [6.45, 7) is 10.2. The zero-order valence-electron chi connectivity index (χ0n) is 12.3. The lowest BCUT2D eigenvalue weighted by Crippen LogP contribution is -2.10. The van der Waals surface area contributed by atoms with Crippen molar-refractivity contribution in [1.82, 2.24) is 0 Å². The van der Waals surface area contributed by atoms with Crippen molar-refractivity contribution in [3.63, 3.8) is 0 Å². The molecule has 2 aliphatic heterocycles. The Morgan fingerprint density at radius 3 is 3.00 bits per heavy atom. The molecule has 1 aromatic carbocycles. The molecule has 0 aliphatic carbocycles. The van der Waals surface area contributed by atoms with Crippen molar-refractivity contribution < 1.29 is 0 Å². The Morgan fingerprint density at radius 1 is 1.38 bits per heavy atom. The van der Waals surface area contributed by atoms with Gasteiger partial charge in [0.2, 0.25) is 0 Å². The van der Waals surface area contributed by atoms with Gasteiger partial charge in [-0.15, -0.1) is 6.58 Å². The van der Waals surface area contributed by atoms with Gasteiger partial charge in [0.15, 0.2) is 0 Å². The molecule has 0 bridgehead atoms. The molecule has 2 unspecified atom stereocenters. The Morgan fingerprint density at radius 2 is 2.24 bits per heavy atom. The van der Waals surface area contributed by atoms with E-state index in [1.54, 1.807) is 0 Å². The minimum absolute atomic E-state index is 0.270. The Hall–Kier alpha value is -1.80. The summed E-state index contributed by atoms with van der Waals surface area (Å²) in [7, 11) is 0. The average molecular weight is 293 g/mol. The maximum absolute atomic E-state index is 4.53. The molecule has 0 radical (unpaired) electrons. The molecule has 1 nitrogen and oxygen atoms in total. The lowest BCUT2D eigenvalue weighted by Gasteiger charge is -2.12. The second kappa shape index (κ2) is 5.90. The van der Waals surface area contributed by atoms with Crippen LogP contribution in [0.1, 0.15) is 16.7 Å². The van der Waals surface area contributed by atoms with Crippen molar-refractivity contribution in [3.05, 3.63) is 76.8 Å². The first-order valence-electron chi connectivity index (χ1n) is 7.17. The molecule has 106 valence electrons. The fraction of sp³-hybridized carbons (Fsp3) is 0.211. The summed E-state index contributed by atoms with van der Waals surface area (Å²) in [5.41, 5.74) is 5.07. The highest BCUT2D eigenvalue weighted by molar-refractivity contribution is 8.04. The minimum Gasteiger partial charge on any atom is -0.278 e. The van der Waals surface area contributed by atoms with E-state index in [1.165, 1.54) is 27.2 Å². The van der Waals surface area contributed by atoms with Gasteiger partial charge in [0, 0.05) is 17.0 Å². The van der Waals surface area contributed by atoms with Crippen LogP contribution in [0, 0.1) is 12.8 Å². The van der Waals surface area contributed by atoms with Crippen LogP contribution in [0.25, 0.3) is 6.08 Å². The minimum atomic E-state index is 0.270. The average Bonchev–Trinajstić information content (AvgIpc) is 2.80. The van der Waals surface area contributed by atoms with Crippen LogP contribution in [-0.2, 0) is 6.42 Å². The van der Waals surface area contributed by atoms with Crippen LogP contribution in [0.15, 0.2) is 65.1 Å². The van der Waals surface area contributed by atoms with Gasteiger partial charge < -0.3 is 0 Å². The van der Waals surface area contributed by atoms with Crippen molar-refractivity contribution >= 4 is 24.1 Å². The fourth-order valence-corrected chi connectivity index (χ4v) is 3.97. The van der Waals surface area contributed by atoms with Crippen molar-refractivity contribution in [2.75, 3.05) is 0 Å². The van der Waals surface area contributed by atoms with E-state index >= 15 is 0 Å². The number of benzene rings is 1. The molecule has 21 heavy (non-hydrogen) atoms. The molecule has 3 rings (SSSR count).